The number of hydrogen-bond acceptors (Lipinski definition) is 3. The minimum atomic E-state index is 0.493. The van der Waals surface area contributed by atoms with Crippen LogP contribution in [0.4, 0.5) is 0 Å². The topological polar surface area (TPSA) is 56.7 Å². The average Bonchev–Trinajstić information content (AvgIpc) is 2.65. The van der Waals surface area contributed by atoms with E-state index in [2.05, 4.69) is 10.3 Å². The third kappa shape index (κ3) is 2.78. The Labute approximate surface area is 90.8 Å². The summed E-state index contributed by atoms with van der Waals surface area (Å²) < 4.78 is 2.02. The fraction of sp³-hybridized carbons (Fsp3) is 0.818. The first-order chi connectivity index (χ1) is 7.40. The zero-order valence-corrected chi connectivity index (χ0v) is 9.23. The standard InChI is InChI=1S/C11H20N4/c12-8-10-9-15(14-13-10)11-6-4-2-1-3-5-7-11/h9,11H,1-8,12H2. The highest BCUT2D eigenvalue weighted by molar-refractivity contribution is 4.92. The summed E-state index contributed by atoms with van der Waals surface area (Å²) in [5.74, 6) is 0. The van der Waals surface area contributed by atoms with Gasteiger partial charge in [0, 0.05) is 6.54 Å². The van der Waals surface area contributed by atoms with Crippen molar-refractivity contribution in [3.05, 3.63) is 11.9 Å². The number of nitrogens with zero attached hydrogens (tertiary/aromatic N) is 3. The maximum absolute atomic E-state index is 5.53. The van der Waals surface area contributed by atoms with Crippen LogP contribution in [0.3, 0.4) is 0 Å². The van der Waals surface area contributed by atoms with Crippen LogP contribution in [0.25, 0.3) is 0 Å². The van der Waals surface area contributed by atoms with Gasteiger partial charge in [0.25, 0.3) is 0 Å². The van der Waals surface area contributed by atoms with Crippen LogP contribution < -0.4 is 5.73 Å². The molecule has 4 nitrogen and oxygen atoms in total. The quantitative estimate of drug-likeness (QED) is 0.809. The molecule has 1 aromatic rings. The summed E-state index contributed by atoms with van der Waals surface area (Å²) in [6.07, 6.45) is 11.3. The second kappa shape index (κ2) is 5.26. The van der Waals surface area contributed by atoms with Gasteiger partial charge in [0.05, 0.1) is 17.9 Å². The highest BCUT2D eigenvalue weighted by Gasteiger charge is 2.14. The zero-order valence-electron chi connectivity index (χ0n) is 9.23. The number of rotatable bonds is 2. The molecule has 1 saturated carbocycles. The number of aromatic nitrogens is 3. The average molecular weight is 208 g/mol. The molecule has 0 aromatic carbocycles. The minimum Gasteiger partial charge on any atom is -0.325 e. The van der Waals surface area contributed by atoms with E-state index < -0.39 is 0 Å². The lowest BCUT2D eigenvalue weighted by Gasteiger charge is -2.19. The molecule has 0 unspecified atom stereocenters. The van der Waals surface area contributed by atoms with E-state index in [0.29, 0.717) is 12.6 Å². The lowest BCUT2D eigenvalue weighted by Crippen LogP contribution is -2.11. The molecule has 0 bridgehead atoms. The summed E-state index contributed by atoms with van der Waals surface area (Å²) in [6, 6.07) is 0.554. The molecule has 0 saturated heterocycles. The van der Waals surface area contributed by atoms with Gasteiger partial charge in [-0.1, -0.05) is 37.3 Å². The smallest absolute Gasteiger partial charge is 0.0962 e. The molecule has 0 spiro atoms. The third-order valence-electron chi connectivity index (χ3n) is 3.22. The van der Waals surface area contributed by atoms with Gasteiger partial charge in [-0.3, -0.25) is 0 Å². The molecule has 4 heteroatoms. The fourth-order valence-electron chi connectivity index (χ4n) is 2.28. The van der Waals surface area contributed by atoms with Crippen molar-refractivity contribution < 1.29 is 0 Å². The lowest BCUT2D eigenvalue weighted by molar-refractivity contribution is 0.342. The van der Waals surface area contributed by atoms with Crippen LogP contribution in [0, 0.1) is 0 Å². The summed E-state index contributed by atoms with van der Waals surface area (Å²) in [4.78, 5) is 0. The first-order valence-corrected chi connectivity index (χ1v) is 6.01. The van der Waals surface area contributed by atoms with Crippen molar-refractivity contribution in [2.75, 3.05) is 0 Å². The van der Waals surface area contributed by atoms with Gasteiger partial charge in [-0.05, 0) is 12.8 Å². The van der Waals surface area contributed by atoms with Gasteiger partial charge in [-0.15, -0.1) is 5.10 Å². The molecule has 0 radical (unpaired) electrons. The van der Waals surface area contributed by atoms with E-state index >= 15 is 0 Å². The zero-order chi connectivity index (χ0) is 10.5. The molecule has 0 amide bonds. The Bertz CT molecular complexity index is 287. The molecular weight excluding hydrogens is 188 g/mol. The van der Waals surface area contributed by atoms with Crippen LogP contribution in [0.2, 0.25) is 0 Å². The van der Waals surface area contributed by atoms with Crippen LogP contribution >= 0.6 is 0 Å². The van der Waals surface area contributed by atoms with Gasteiger partial charge >= 0.3 is 0 Å². The lowest BCUT2D eigenvalue weighted by atomic mass is 9.97. The van der Waals surface area contributed by atoms with Crippen molar-refractivity contribution in [3.8, 4) is 0 Å². The van der Waals surface area contributed by atoms with Crippen LogP contribution in [0.15, 0.2) is 6.20 Å². The van der Waals surface area contributed by atoms with Crippen molar-refractivity contribution in [1.82, 2.24) is 15.0 Å². The monoisotopic (exact) mass is 208 g/mol. The third-order valence-corrected chi connectivity index (χ3v) is 3.22. The predicted octanol–water partition coefficient (Wildman–Crippen LogP) is 2.02. The van der Waals surface area contributed by atoms with Crippen LogP contribution in [-0.2, 0) is 6.54 Å². The predicted molar refractivity (Wildman–Crippen MR) is 59.3 cm³/mol. The van der Waals surface area contributed by atoms with Gasteiger partial charge in [0.15, 0.2) is 0 Å². The number of hydrogen-bond donors (Lipinski definition) is 1. The van der Waals surface area contributed by atoms with Crippen molar-refractivity contribution in [2.24, 2.45) is 5.73 Å². The molecule has 1 heterocycles. The first-order valence-electron chi connectivity index (χ1n) is 6.01. The van der Waals surface area contributed by atoms with Gasteiger partial charge in [0.2, 0.25) is 0 Å². The van der Waals surface area contributed by atoms with Crippen LogP contribution in [0.1, 0.15) is 56.7 Å². The molecular formula is C11H20N4. The van der Waals surface area contributed by atoms with E-state index in [9.17, 15) is 0 Å². The van der Waals surface area contributed by atoms with Gasteiger partial charge in [0.1, 0.15) is 0 Å². The summed E-state index contributed by atoms with van der Waals surface area (Å²) in [5, 5.41) is 8.22. The highest BCUT2D eigenvalue weighted by atomic mass is 15.4. The van der Waals surface area contributed by atoms with Crippen molar-refractivity contribution in [1.29, 1.82) is 0 Å². The molecule has 0 atom stereocenters. The summed E-state index contributed by atoms with van der Waals surface area (Å²) in [5.41, 5.74) is 6.43. The first kappa shape index (κ1) is 10.6. The van der Waals surface area contributed by atoms with E-state index in [1.807, 2.05) is 10.9 Å². The Morgan fingerprint density at radius 1 is 1.20 bits per heavy atom. The SMILES string of the molecule is NCc1cn(C2CCCCCCC2)nn1. The summed E-state index contributed by atoms with van der Waals surface area (Å²) in [6.45, 7) is 0.493. The largest absolute Gasteiger partial charge is 0.325 e. The van der Waals surface area contributed by atoms with Gasteiger partial charge in [-0.25, -0.2) is 4.68 Å². The fourth-order valence-corrected chi connectivity index (χ4v) is 2.28. The molecule has 15 heavy (non-hydrogen) atoms. The Morgan fingerprint density at radius 2 is 1.87 bits per heavy atom. The van der Waals surface area contributed by atoms with E-state index in [0.717, 1.165) is 5.69 Å². The summed E-state index contributed by atoms with van der Waals surface area (Å²) in [7, 11) is 0. The van der Waals surface area contributed by atoms with Gasteiger partial charge < -0.3 is 5.73 Å². The highest BCUT2D eigenvalue weighted by Crippen LogP contribution is 2.25. The van der Waals surface area contributed by atoms with E-state index in [1.54, 1.807) is 0 Å². The molecule has 1 aliphatic carbocycles. The van der Waals surface area contributed by atoms with E-state index in [-0.39, 0.29) is 0 Å². The molecule has 2 N–H and O–H groups in total. The second-order valence-electron chi connectivity index (χ2n) is 4.39. The van der Waals surface area contributed by atoms with Crippen molar-refractivity contribution >= 4 is 0 Å². The molecule has 84 valence electrons. The molecule has 0 aliphatic heterocycles. The Kier molecular flexibility index (Phi) is 3.72. The number of nitrogens with two attached hydrogens (primary N) is 1. The van der Waals surface area contributed by atoms with E-state index in [1.165, 1.54) is 44.9 Å². The van der Waals surface area contributed by atoms with Crippen molar-refractivity contribution in [3.63, 3.8) is 0 Å². The maximum atomic E-state index is 5.53. The molecule has 1 aromatic heterocycles. The van der Waals surface area contributed by atoms with Gasteiger partial charge in [-0.2, -0.15) is 0 Å². The Hall–Kier alpha value is -0.900. The molecule has 1 aliphatic rings. The minimum absolute atomic E-state index is 0.493. The molecule has 2 rings (SSSR count). The normalized spacial score (nSPS) is 19.8. The molecule has 1 fully saturated rings. The Balaban J connectivity index is 2.00. The van der Waals surface area contributed by atoms with Crippen LogP contribution in [-0.4, -0.2) is 15.0 Å². The maximum Gasteiger partial charge on any atom is 0.0962 e. The van der Waals surface area contributed by atoms with Crippen LogP contribution in [0.5, 0.6) is 0 Å². The second-order valence-corrected chi connectivity index (χ2v) is 4.39. The van der Waals surface area contributed by atoms with Crippen molar-refractivity contribution in [2.45, 2.75) is 57.5 Å². The van der Waals surface area contributed by atoms with E-state index in [4.69, 9.17) is 5.73 Å². The summed E-state index contributed by atoms with van der Waals surface area (Å²) >= 11 is 0. The Morgan fingerprint density at radius 3 is 2.47 bits per heavy atom.